The Hall–Kier alpha value is -0.810. The predicted molar refractivity (Wildman–Crippen MR) is 82.3 cm³/mol. The Morgan fingerprint density at radius 2 is 2.05 bits per heavy atom. The van der Waals surface area contributed by atoms with Gasteiger partial charge in [0, 0.05) is 29.3 Å². The third-order valence-corrected chi connectivity index (χ3v) is 3.41. The maximum absolute atomic E-state index is 12.3. The minimum atomic E-state index is -0.0597. The average Bonchev–Trinajstić information content (AvgIpc) is 2.70. The monoisotopic (exact) mass is 329 g/mol. The first-order chi connectivity index (χ1) is 8.85. The van der Waals surface area contributed by atoms with Crippen LogP contribution in [0.25, 0.3) is 0 Å². The van der Waals surface area contributed by atoms with Crippen molar-refractivity contribution in [3.63, 3.8) is 0 Å². The SMILES string of the molecule is CC(C)CC(CN)NC(=O)c1cc(Br)cn1C(C)C. The van der Waals surface area contributed by atoms with Crippen molar-refractivity contribution in [3.8, 4) is 0 Å². The zero-order valence-corrected chi connectivity index (χ0v) is 13.7. The van der Waals surface area contributed by atoms with Crippen LogP contribution in [0.4, 0.5) is 0 Å². The number of amides is 1. The van der Waals surface area contributed by atoms with Crippen molar-refractivity contribution in [1.82, 2.24) is 9.88 Å². The molecule has 1 amide bonds. The van der Waals surface area contributed by atoms with Gasteiger partial charge in [0.05, 0.1) is 0 Å². The number of hydrogen-bond acceptors (Lipinski definition) is 2. The maximum atomic E-state index is 12.3. The van der Waals surface area contributed by atoms with Crippen LogP contribution in [0.5, 0.6) is 0 Å². The fourth-order valence-corrected chi connectivity index (χ4v) is 2.53. The molecule has 3 N–H and O–H groups in total. The highest BCUT2D eigenvalue weighted by atomic mass is 79.9. The van der Waals surface area contributed by atoms with Gasteiger partial charge in [-0.2, -0.15) is 0 Å². The molecular formula is C14H24BrN3O. The molecule has 1 unspecified atom stereocenters. The zero-order valence-electron chi connectivity index (χ0n) is 12.1. The van der Waals surface area contributed by atoms with Crippen molar-refractivity contribution in [1.29, 1.82) is 0 Å². The molecule has 1 rings (SSSR count). The number of aromatic nitrogens is 1. The number of nitrogens with one attached hydrogen (secondary N) is 1. The van der Waals surface area contributed by atoms with Gasteiger partial charge in [-0.15, -0.1) is 0 Å². The summed E-state index contributed by atoms with van der Waals surface area (Å²) >= 11 is 3.42. The molecule has 0 saturated heterocycles. The molecule has 1 aromatic rings. The van der Waals surface area contributed by atoms with Crippen LogP contribution in [-0.2, 0) is 0 Å². The molecule has 0 aromatic carbocycles. The number of rotatable bonds is 6. The quantitative estimate of drug-likeness (QED) is 0.842. The van der Waals surface area contributed by atoms with E-state index < -0.39 is 0 Å². The maximum Gasteiger partial charge on any atom is 0.268 e. The van der Waals surface area contributed by atoms with Gasteiger partial charge in [0.15, 0.2) is 0 Å². The van der Waals surface area contributed by atoms with E-state index >= 15 is 0 Å². The highest BCUT2D eigenvalue weighted by molar-refractivity contribution is 9.10. The molecule has 0 saturated carbocycles. The summed E-state index contributed by atoms with van der Waals surface area (Å²) in [7, 11) is 0. The Morgan fingerprint density at radius 3 is 2.53 bits per heavy atom. The van der Waals surface area contributed by atoms with E-state index in [0.717, 1.165) is 10.9 Å². The summed E-state index contributed by atoms with van der Waals surface area (Å²) in [5.74, 6) is 0.452. The van der Waals surface area contributed by atoms with E-state index in [4.69, 9.17) is 5.73 Å². The van der Waals surface area contributed by atoms with Gasteiger partial charge >= 0.3 is 0 Å². The summed E-state index contributed by atoms with van der Waals surface area (Å²) in [6.07, 6.45) is 2.82. The van der Waals surface area contributed by atoms with E-state index in [1.54, 1.807) is 0 Å². The Labute approximate surface area is 123 Å². The Morgan fingerprint density at radius 1 is 1.42 bits per heavy atom. The Bertz CT molecular complexity index is 426. The van der Waals surface area contributed by atoms with Gasteiger partial charge in [-0.1, -0.05) is 13.8 Å². The van der Waals surface area contributed by atoms with Crippen LogP contribution < -0.4 is 11.1 Å². The first kappa shape index (κ1) is 16.2. The van der Waals surface area contributed by atoms with Crippen molar-refractivity contribution < 1.29 is 4.79 Å². The molecule has 0 aliphatic carbocycles. The van der Waals surface area contributed by atoms with Gasteiger partial charge in [0.2, 0.25) is 0 Å². The van der Waals surface area contributed by atoms with Crippen LogP contribution >= 0.6 is 15.9 Å². The third kappa shape index (κ3) is 4.66. The highest BCUT2D eigenvalue weighted by Crippen LogP contribution is 2.19. The van der Waals surface area contributed by atoms with Crippen LogP contribution in [0.3, 0.4) is 0 Å². The number of nitrogens with two attached hydrogens (primary N) is 1. The highest BCUT2D eigenvalue weighted by Gasteiger charge is 2.18. The molecule has 108 valence electrons. The summed E-state index contributed by atoms with van der Waals surface area (Å²) in [5.41, 5.74) is 6.39. The molecule has 0 fully saturated rings. The van der Waals surface area contributed by atoms with Crippen molar-refractivity contribution >= 4 is 21.8 Å². The average molecular weight is 330 g/mol. The number of carbonyl (C=O) groups excluding carboxylic acids is 1. The van der Waals surface area contributed by atoms with Gasteiger partial charge in [0.25, 0.3) is 5.91 Å². The van der Waals surface area contributed by atoms with Crippen LogP contribution in [-0.4, -0.2) is 23.1 Å². The normalized spacial score (nSPS) is 13.1. The largest absolute Gasteiger partial charge is 0.347 e. The van der Waals surface area contributed by atoms with E-state index in [2.05, 4.69) is 48.9 Å². The molecule has 19 heavy (non-hydrogen) atoms. The molecule has 1 atom stereocenters. The number of halogens is 1. The molecule has 0 bridgehead atoms. The second-order valence-electron chi connectivity index (χ2n) is 5.58. The van der Waals surface area contributed by atoms with Crippen LogP contribution in [0.15, 0.2) is 16.7 Å². The standard InChI is InChI=1S/C14H24BrN3O/c1-9(2)5-12(7-16)17-14(19)13-6-11(15)8-18(13)10(3)4/h6,8-10,12H,5,7,16H2,1-4H3,(H,17,19). The lowest BCUT2D eigenvalue weighted by Gasteiger charge is -2.20. The van der Waals surface area contributed by atoms with E-state index in [0.29, 0.717) is 18.2 Å². The first-order valence-electron chi connectivity index (χ1n) is 6.73. The van der Waals surface area contributed by atoms with E-state index in [1.807, 2.05) is 16.8 Å². The smallest absolute Gasteiger partial charge is 0.268 e. The molecule has 4 nitrogen and oxygen atoms in total. The summed E-state index contributed by atoms with van der Waals surface area (Å²) in [6.45, 7) is 8.83. The molecule has 1 heterocycles. The van der Waals surface area contributed by atoms with Crippen molar-refractivity contribution in [2.75, 3.05) is 6.54 Å². The lowest BCUT2D eigenvalue weighted by Crippen LogP contribution is -2.41. The molecular weight excluding hydrogens is 306 g/mol. The second kappa shape index (κ2) is 7.10. The molecule has 0 aliphatic rings. The lowest BCUT2D eigenvalue weighted by atomic mass is 10.0. The van der Waals surface area contributed by atoms with Crippen LogP contribution in [0.1, 0.15) is 50.6 Å². The van der Waals surface area contributed by atoms with Gasteiger partial charge in [0.1, 0.15) is 5.69 Å². The summed E-state index contributed by atoms with van der Waals surface area (Å²) in [4.78, 5) is 12.3. The minimum absolute atomic E-state index is 0.0294. The van der Waals surface area contributed by atoms with Crippen molar-refractivity contribution in [2.45, 2.75) is 46.2 Å². The second-order valence-corrected chi connectivity index (χ2v) is 6.50. The lowest BCUT2D eigenvalue weighted by molar-refractivity contribution is 0.0923. The fraction of sp³-hybridized carbons (Fsp3) is 0.643. The van der Waals surface area contributed by atoms with Crippen LogP contribution in [0.2, 0.25) is 0 Å². The van der Waals surface area contributed by atoms with Gasteiger partial charge in [-0.05, 0) is 48.2 Å². The summed E-state index contributed by atoms with van der Waals surface area (Å²) < 4.78 is 2.88. The summed E-state index contributed by atoms with van der Waals surface area (Å²) in [5, 5.41) is 3.02. The zero-order chi connectivity index (χ0) is 14.6. The van der Waals surface area contributed by atoms with Crippen molar-refractivity contribution in [2.24, 2.45) is 11.7 Å². The summed E-state index contributed by atoms with van der Waals surface area (Å²) in [6, 6.07) is 2.12. The van der Waals surface area contributed by atoms with E-state index in [-0.39, 0.29) is 18.0 Å². The molecule has 1 aromatic heterocycles. The number of nitrogens with zero attached hydrogens (tertiary/aromatic N) is 1. The fourth-order valence-electron chi connectivity index (χ4n) is 2.10. The first-order valence-corrected chi connectivity index (χ1v) is 7.52. The Kier molecular flexibility index (Phi) is 6.07. The molecule has 5 heteroatoms. The molecule has 0 radical (unpaired) electrons. The predicted octanol–water partition coefficient (Wildman–Crippen LogP) is 2.93. The van der Waals surface area contributed by atoms with E-state index in [9.17, 15) is 4.79 Å². The minimum Gasteiger partial charge on any atom is -0.347 e. The van der Waals surface area contributed by atoms with Gasteiger partial charge in [-0.3, -0.25) is 4.79 Å². The molecule has 0 aliphatic heterocycles. The van der Waals surface area contributed by atoms with Crippen LogP contribution in [0, 0.1) is 5.92 Å². The van der Waals surface area contributed by atoms with Gasteiger partial charge in [-0.25, -0.2) is 0 Å². The Balaban J connectivity index is 2.82. The molecule has 0 spiro atoms. The van der Waals surface area contributed by atoms with E-state index in [1.165, 1.54) is 0 Å². The van der Waals surface area contributed by atoms with Crippen molar-refractivity contribution in [3.05, 3.63) is 22.4 Å². The number of hydrogen-bond donors (Lipinski definition) is 2. The topological polar surface area (TPSA) is 60.0 Å². The number of carbonyl (C=O) groups is 1. The van der Waals surface area contributed by atoms with Gasteiger partial charge < -0.3 is 15.6 Å². The third-order valence-electron chi connectivity index (χ3n) is 2.98.